The van der Waals surface area contributed by atoms with Gasteiger partial charge in [0.25, 0.3) is 5.69 Å². The maximum absolute atomic E-state index is 13.0. The maximum Gasteiger partial charge on any atom is 0.269 e. The van der Waals surface area contributed by atoms with Gasteiger partial charge in [0.2, 0.25) is 0 Å². The van der Waals surface area contributed by atoms with Gasteiger partial charge >= 0.3 is 0 Å². The van der Waals surface area contributed by atoms with Gasteiger partial charge in [-0.3, -0.25) is 10.1 Å². The molecule has 2 aromatic carbocycles. The molecule has 20 heavy (non-hydrogen) atoms. The van der Waals surface area contributed by atoms with E-state index in [0.29, 0.717) is 16.8 Å². The molecule has 2 rings (SSSR count). The van der Waals surface area contributed by atoms with E-state index in [-0.39, 0.29) is 12.2 Å². The third-order valence-corrected chi connectivity index (χ3v) is 2.83. The normalized spacial score (nSPS) is 10.3. The van der Waals surface area contributed by atoms with Gasteiger partial charge in [-0.2, -0.15) is 0 Å². The molecule has 0 aliphatic heterocycles. The molecule has 0 radical (unpaired) electrons. The monoisotopic (exact) mass is 278 g/mol. The molecule has 0 spiro atoms. The molecule has 0 amide bonds. The second-order valence-corrected chi connectivity index (χ2v) is 4.39. The summed E-state index contributed by atoms with van der Waals surface area (Å²) < 4.78 is 26.1. The van der Waals surface area contributed by atoms with E-state index >= 15 is 0 Å². The highest BCUT2D eigenvalue weighted by molar-refractivity contribution is 5.55. The number of nitrogens with one attached hydrogen (secondary N) is 1. The number of benzene rings is 2. The predicted octanol–water partition coefficient (Wildman–Crippen LogP) is 3.79. The lowest BCUT2D eigenvalue weighted by Crippen LogP contribution is -2.02. The highest BCUT2D eigenvalue weighted by atomic mass is 19.1. The van der Waals surface area contributed by atoms with Crippen LogP contribution in [0.2, 0.25) is 0 Å². The number of rotatable bonds is 4. The molecule has 0 heterocycles. The fourth-order valence-corrected chi connectivity index (χ4v) is 1.87. The van der Waals surface area contributed by atoms with Crippen LogP contribution in [0.1, 0.15) is 11.1 Å². The van der Waals surface area contributed by atoms with E-state index in [1.807, 2.05) is 0 Å². The summed E-state index contributed by atoms with van der Waals surface area (Å²) in [5.74, 6) is -1.27. The zero-order valence-corrected chi connectivity index (χ0v) is 10.7. The highest BCUT2D eigenvalue weighted by Gasteiger charge is 2.08. The average molecular weight is 278 g/mol. The van der Waals surface area contributed by atoms with Gasteiger partial charge in [-0.15, -0.1) is 0 Å². The summed E-state index contributed by atoms with van der Waals surface area (Å²) in [6.45, 7) is 1.95. The van der Waals surface area contributed by atoms with Crippen molar-refractivity contribution < 1.29 is 13.7 Å². The number of nitro benzene ring substituents is 1. The first-order valence-electron chi connectivity index (χ1n) is 5.89. The van der Waals surface area contributed by atoms with Crippen LogP contribution in [0.25, 0.3) is 0 Å². The molecule has 0 fully saturated rings. The van der Waals surface area contributed by atoms with Crippen molar-refractivity contribution in [2.24, 2.45) is 0 Å². The molecule has 0 saturated carbocycles. The van der Waals surface area contributed by atoms with Gasteiger partial charge in [0, 0.05) is 30.4 Å². The summed E-state index contributed by atoms with van der Waals surface area (Å²) in [6.07, 6.45) is 0. The number of aryl methyl sites for hydroxylation is 1. The molecule has 104 valence electrons. The fourth-order valence-electron chi connectivity index (χ4n) is 1.87. The van der Waals surface area contributed by atoms with Gasteiger partial charge in [0.05, 0.1) is 4.92 Å². The Balaban J connectivity index is 2.12. The molecule has 0 aliphatic carbocycles. The second kappa shape index (κ2) is 5.64. The van der Waals surface area contributed by atoms with Crippen LogP contribution in [0.4, 0.5) is 20.2 Å². The number of hydrogen-bond donors (Lipinski definition) is 1. The van der Waals surface area contributed by atoms with Crippen LogP contribution >= 0.6 is 0 Å². The van der Waals surface area contributed by atoms with E-state index in [9.17, 15) is 18.9 Å². The van der Waals surface area contributed by atoms with Crippen LogP contribution in [-0.2, 0) is 6.54 Å². The molecule has 0 aromatic heterocycles. The summed E-state index contributed by atoms with van der Waals surface area (Å²) in [7, 11) is 0. The minimum absolute atomic E-state index is 0.00449. The van der Waals surface area contributed by atoms with Gasteiger partial charge in [-0.05, 0) is 36.2 Å². The first kappa shape index (κ1) is 13.9. The lowest BCUT2D eigenvalue weighted by Gasteiger charge is -2.09. The van der Waals surface area contributed by atoms with Crippen molar-refractivity contribution in [2.45, 2.75) is 13.5 Å². The standard InChI is InChI=1S/C14H12F2N2O2/c1-9-4-13(18(19)20)2-3-14(9)17-8-10-5-11(15)7-12(16)6-10/h2-7,17H,8H2,1H3. The average Bonchev–Trinajstić information content (AvgIpc) is 2.36. The van der Waals surface area contributed by atoms with Crippen molar-refractivity contribution in [3.8, 4) is 0 Å². The number of anilines is 1. The summed E-state index contributed by atoms with van der Waals surface area (Å²) >= 11 is 0. The summed E-state index contributed by atoms with van der Waals surface area (Å²) in [6, 6.07) is 7.66. The largest absolute Gasteiger partial charge is 0.381 e. The SMILES string of the molecule is Cc1cc([N+](=O)[O-])ccc1NCc1cc(F)cc(F)c1. The number of halogens is 2. The molecule has 4 nitrogen and oxygen atoms in total. The smallest absolute Gasteiger partial charge is 0.269 e. The zero-order chi connectivity index (χ0) is 14.7. The van der Waals surface area contributed by atoms with Crippen LogP contribution in [0.15, 0.2) is 36.4 Å². The highest BCUT2D eigenvalue weighted by Crippen LogP contribution is 2.22. The Morgan fingerprint density at radius 2 is 1.80 bits per heavy atom. The molecular weight excluding hydrogens is 266 g/mol. The predicted molar refractivity (Wildman–Crippen MR) is 71.5 cm³/mol. The molecule has 0 aliphatic rings. The first-order valence-corrected chi connectivity index (χ1v) is 5.89. The molecule has 2 aromatic rings. The molecule has 0 unspecified atom stereocenters. The van der Waals surface area contributed by atoms with E-state index in [1.165, 1.54) is 24.3 Å². The Kier molecular flexibility index (Phi) is 3.93. The number of non-ortho nitro benzene ring substituents is 1. The molecule has 0 atom stereocenters. The van der Waals surface area contributed by atoms with Crippen LogP contribution < -0.4 is 5.32 Å². The fraction of sp³-hybridized carbons (Fsp3) is 0.143. The Hall–Kier alpha value is -2.50. The number of hydrogen-bond acceptors (Lipinski definition) is 3. The Morgan fingerprint density at radius 3 is 2.35 bits per heavy atom. The van der Waals surface area contributed by atoms with Crippen LogP contribution in [0, 0.1) is 28.7 Å². The van der Waals surface area contributed by atoms with E-state index < -0.39 is 16.6 Å². The van der Waals surface area contributed by atoms with Crippen LogP contribution in [-0.4, -0.2) is 4.92 Å². The van der Waals surface area contributed by atoms with Crippen molar-refractivity contribution in [1.29, 1.82) is 0 Å². The van der Waals surface area contributed by atoms with E-state index in [2.05, 4.69) is 5.32 Å². The topological polar surface area (TPSA) is 55.2 Å². The molecule has 1 N–H and O–H groups in total. The Morgan fingerprint density at radius 1 is 1.15 bits per heavy atom. The van der Waals surface area contributed by atoms with Gasteiger partial charge in [0.15, 0.2) is 0 Å². The van der Waals surface area contributed by atoms with Crippen molar-refractivity contribution >= 4 is 11.4 Å². The van der Waals surface area contributed by atoms with Gasteiger partial charge in [0.1, 0.15) is 11.6 Å². The van der Waals surface area contributed by atoms with Crippen LogP contribution in [0.3, 0.4) is 0 Å². The molecular formula is C14H12F2N2O2. The van der Waals surface area contributed by atoms with Crippen molar-refractivity contribution in [1.82, 2.24) is 0 Å². The lowest BCUT2D eigenvalue weighted by atomic mass is 10.1. The third kappa shape index (κ3) is 3.28. The Labute approximate surface area is 114 Å². The van der Waals surface area contributed by atoms with Crippen molar-refractivity contribution in [3.63, 3.8) is 0 Å². The quantitative estimate of drug-likeness (QED) is 0.683. The number of nitrogens with zero attached hydrogens (tertiary/aromatic N) is 1. The minimum atomic E-state index is -0.637. The molecule has 6 heteroatoms. The molecule has 0 bridgehead atoms. The van der Waals surface area contributed by atoms with Crippen LogP contribution in [0.5, 0.6) is 0 Å². The van der Waals surface area contributed by atoms with Gasteiger partial charge in [-0.25, -0.2) is 8.78 Å². The van der Waals surface area contributed by atoms with Gasteiger partial charge in [-0.1, -0.05) is 0 Å². The van der Waals surface area contributed by atoms with Crippen molar-refractivity contribution in [3.05, 3.63) is 69.3 Å². The van der Waals surface area contributed by atoms with E-state index in [1.54, 1.807) is 13.0 Å². The second-order valence-electron chi connectivity index (χ2n) is 4.39. The summed E-state index contributed by atoms with van der Waals surface area (Å²) in [5.41, 5.74) is 1.83. The minimum Gasteiger partial charge on any atom is -0.381 e. The summed E-state index contributed by atoms with van der Waals surface area (Å²) in [4.78, 5) is 10.1. The van der Waals surface area contributed by atoms with Crippen molar-refractivity contribution in [2.75, 3.05) is 5.32 Å². The van der Waals surface area contributed by atoms with E-state index in [0.717, 1.165) is 6.07 Å². The first-order chi connectivity index (χ1) is 9.45. The third-order valence-electron chi connectivity index (χ3n) is 2.83. The zero-order valence-electron chi connectivity index (χ0n) is 10.7. The molecule has 0 saturated heterocycles. The van der Waals surface area contributed by atoms with E-state index in [4.69, 9.17) is 0 Å². The van der Waals surface area contributed by atoms with Gasteiger partial charge < -0.3 is 5.32 Å². The summed E-state index contributed by atoms with van der Waals surface area (Å²) in [5, 5.41) is 13.6. The number of nitro groups is 1. The lowest BCUT2D eigenvalue weighted by molar-refractivity contribution is -0.384. The maximum atomic E-state index is 13.0. The Bertz CT molecular complexity index is 639.